The molecule has 1 atom stereocenters. The molecule has 3 aromatic rings. The molecular weight excluding hydrogens is 541 g/mol. The summed E-state index contributed by atoms with van der Waals surface area (Å²) in [4.78, 5) is 28.0. The van der Waals surface area contributed by atoms with Crippen LogP contribution in [-0.2, 0) is 27.0 Å². The number of nitrogens with one attached hydrogen (secondary N) is 1. The van der Waals surface area contributed by atoms with Gasteiger partial charge in [-0.1, -0.05) is 12.1 Å². The highest BCUT2D eigenvalue weighted by Crippen LogP contribution is 2.44. The number of benzene rings is 2. The third kappa shape index (κ3) is 5.12. The first-order chi connectivity index (χ1) is 19.5. The Morgan fingerprint density at radius 3 is 2.63 bits per heavy atom. The highest BCUT2D eigenvalue weighted by molar-refractivity contribution is 5.93. The zero-order chi connectivity index (χ0) is 29.5. The quantitative estimate of drug-likeness (QED) is 0.369. The minimum atomic E-state index is -4.61. The number of esters is 1. The van der Waals surface area contributed by atoms with Crippen LogP contribution in [0.4, 0.5) is 24.8 Å². The summed E-state index contributed by atoms with van der Waals surface area (Å²) in [7, 11) is 3.26. The summed E-state index contributed by atoms with van der Waals surface area (Å²) in [6.07, 6.45) is -4.61. The van der Waals surface area contributed by atoms with Crippen molar-refractivity contribution in [2.45, 2.75) is 25.7 Å². The number of alkyl halides is 3. The van der Waals surface area contributed by atoms with E-state index in [1.54, 1.807) is 25.1 Å². The molecule has 0 bridgehead atoms. The van der Waals surface area contributed by atoms with Crippen molar-refractivity contribution in [3.63, 3.8) is 0 Å². The van der Waals surface area contributed by atoms with Gasteiger partial charge in [0.05, 0.1) is 50.1 Å². The zero-order valence-corrected chi connectivity index (χ0v) is 22.7. The van der Waals surface area contributed by atoms with E-state index in [2.05, 4.69) is 23.3 Å². The maximum atomic E-state index is 13.6. The fraction of sp³-hybridized carbons (Fsp3) is 0.357. The first-order valence-electron chi connectivity index (χ1n) is 12.8. The fourth-order valence-corrected chi connectivity index (χ4v) is 5.51. The molecule has 1 aromatic heterocycles. The molecule has 41 heavy (non-hydrogen) atoms. The lowest BCUT2D eigenvalue weighted by Gasteiger charge is -2.39. The number of aromatic amines is 1. The fourth-order valence-electron chi connectivity index (χ4n) is 5.51. The molecule has 1 N–H and O–H groups in total. The average Bonchev–Trinajstić information content (AvgIpc) is 3.32. The molecule has 5 rings (SSSR count). The summed E-state index contributed by atoms with van der Waals surface area (Å²) in [6.45, 7) is 4.63. The topological polar surface area (TPSA) is 113 Å². The van der Waals surface area contributed by atoms with E-state index < -0.39 is 29.4 Å². The molecule has 10 nitrogen and oxygen atoms in total. The predicted molar refractivity (Wildman–Crippen MR) is 141 cm³/mol. The van der Waals surface area contributed by atoms with Gasteiger partial charge in [0.15, 0.2) is 0 Å². The molecule has 1 unspecified atom stereocenters. The van der Waals surface area contributed by atoms with E-state index in [4.69, 9.17) is 9.47 Å². The van der Waals surface area contributed by atoms with Crippen LogP contribution < -0.4 is 10.6 Å². The second kappa shape index (κ2) is 10.5. The molecule has 1 saturated heterocycles. The monoisotopic (exact) mass is 569 g/mol. The number of likely N-dealkylation sites (N-methyl/N-ethyl adjacent to an activating group) is 1. The van der Waals surface area contributed by atoms with Crippen molar-refractivity contribution in [2.75, 3.05) is 45.4 Å². The number of rotatable bonds is 5. The van der Waals surface area contributed by atoms with Crippen molar-refractivity contribution in [3.05, 3.63) is 86.5 Å². The Kier molecular flexibility index (Phi) is 7.23. The zero-order valence-electron chi connectivity index (χ0n) is 22.7. The van der Waals surface area contributed by atoms with Crippen molar-refractivity contribution >= 4 is 17.6 Å². The van der Waals surface area contributed by atoms with Gasteiger partial charge >= 0.3 is 17.8 Å². The lowest BCUT2D eigenvalue weighted by atomic mass is 9.89. The molecule has 0 spiro atoms. The Bertz CT molecular complexity index is 1630. The van der Waals surface area contributed by atoms with Gasteiger partial charge in [0.1, 0.15) is 25.7 Å². The molecule has 3 heterocycles. The minimum Gasteiger partial charge on any atom is -0.466 e. The van der Waals surface area contributed by atoms with Gasteiger partial charge in [0.2, 0.25) is 5.95 Å². The summed E-state index contributed by atoms with van der Waals surface area (Å²) >= 11 is 0. The number of hydrogen-bond acceptors (Lipinski definition) is 7. The van der Waals surface area contributed by atoms with Crippen LogP contribution in [0.1, 0.15) is 35.2 Å². The molecule has 0 saturated carbocycles. The number of quaternary nitrogens is 1. The SMILES string of the molecule is COC(=O)C1=C(C)N(c2cccc(C(F)(F)F)c2)c2n[nH]c(=O)n2C1c1ccc(C#N)cc1C[N+]1(C)CCOCC1. The van der Waals surface area contributed by atoms with Crippen LogP contribution in [0.2, 0.25) is 0 Å². The van der Waals surface area contributed by atoms with Gasteiger partial charge in [-0.15, -0.1) is 5.10 Å². The van der Waals surface area contributed by atoms with Crippen LogP contribution in [0.25, 0.3) is 0 Å². The number of halogens is 3. The maximum Gasteiger partial charge on any atom is 0.416 e. The normalized spacial score (nSPS) is 18.6. The maximum absolute atomic E-state index is 13.6. The molecule has 0 aliphatic carbocycles. The molecule has 1 fully saturated rings. The van der Waals surface area contributed by atoms with Gasteiger partial charge in [-0.05, 0) is 42.8 Å². The molecule has 2 aromatic carbocycles. The number of nitriles is 1. The minimum absolute atomic E-state index is 0.00607. The molecule has 0 amide bonds. The molecular formula is C28H28F3N6O4+. The van der Waals surface area contributed by atoms with Gasteiger partial charge in [0, 0.05) is 16.9 Å². The standard InChI is InChI=1S/C28H27F3N6O4/c1-17-23(25(38)40-3)24(22-8-7-18(15-32)13-19(22)16-37(2)9-11-41-12-10-37)36-26(33-34-27(36)39)35(17)21-6-4-5-20(14-21)28(29,30)31/h4-8,13-14,24H,9-12,16H2,1-3H3/p+1. The third-order valence-corrected chi connectivity index (χ3v) is 7.65. The average molecular weight is 570 g/mol. The van der Waals surface area contributed by atoms with Gasteiger partial charge in [-0.25, -0.2) is 19.3 Å². The van der Waals surface area contributed by atoms with Crippen molar-refractivity contribution in [3.8, 4) is 6.07 Å². The number of ether oxygens (including phenoxy) is 2. The van der Waals surface area contributed by atoms with E-state index in [9.17, 15) is 28.0 Å². The largest absolute Gasteiger partial charge is 0.466 e. The number of allylic oxidation sites excluding steroid dienone is 1. The Hall–Kier alpha value is -4.41. The van der Waals surface area contributed by atoms with Gasteiger partial charge in [0.25, 0.3) is 0 Å². The summed E-state index contributed by atoms with van der Waals surface area (Å²) in [5.74, 6) is -0.753. The van der Waals surface area contributed by atoms with E-state index in [-0.39, 0.29) is 22.9 Å². The van der Waals surface area contributed by atoms with Crippen molar-refractivity contribution in [2.24, 2.45) is 0 Å². The number of carbonyl (C=O) groups excluding carboxylic acids is 1. The summed E-state index contributed by atoms with van der Waals surface area (Å²) in [5, 5.41) is 16.2. The van der Waals surface area contributed by atoms with Crippen LogP contribution in [-0.4, -0.2) is 65.7 Å². The van der Waals surface area contributed by atoms with Gasteiger partial charge in [-0.2, -0.15) is 18.4 Å². The molecule has 2 aliphatic rings. The lowest BCUT2D eigenvalue weighted by Crippen LogP contribution is -2.51. The van der Waals surface area contributed by atoms with Crippen molar-refractivity contribution < 1.29 is 31.9 Å². The molecule has 214 valence electrons. The van der Waals surface area contributed by atoms with Crippen LogP contribution in [0.5, 0.6) is 0 Å². The molecule has 13 heteroatoms. The Morgan fingerprint density at radius 2 is 1.98 bits per heavy atom. The molecule has 0 radical (unpaired) electrons. The van der Waals surface area contributed by atoms with E-state index in [0.29, 0.717) is 35.4 Å². The number of fused-ring (bicyclic) bond motifs is 1. The lowest BCUT2D eigenvalue weighted by molar-refractivity contribution is -0.929. The van der Waals surface area contributed by atoms with Crippen LogP contribution >= 0.6 is 0 Å². The Labute approximate surface area is 233 Å². The van der Waals surface area contributed by atoms with Crippen LogP contribution in [0, 0.1) is 11.3 Å². The highest BCUT2D eigenvalue weighted by atomic mass is 19.4. The van der Waals surface area contributed by atoms with Crippen LogP contribution in [0.3, 0.4) is 0 Å². The van der Waals surface area contributed by atoms with E-state index in [0.717, 1.165) is 30.8 Å². The number of morpholine rings is 1. The summed E-state index contributed by atoms with van der Waals surface area (Å²) in [5.41, 5.74) is 0.506. The summed E-state index contributed by atoms with van der Waals surface area (Å²) in [6, 6.07) is 10.7. The van der Waals surface area contributed by atoms with Gasteiger partial charge in [-0.3, -0.25) is 4.90 Å². The first kappa shape index (κ1) is 28.1. The second-order valence-corrected chi connectivity index (χ2v) is 10.3. The summed E-state index contributed by atoms with van der Waals surface area (Å²) < 4.78 is 53.3. The van der Waals surface area contributed by atoms with Crippen molar-refractivity contribution in [1.82, 2.24) is 14.8 Å². The second-order valence-electron chi connectivity index (χ2n) is 10.3. The first-order valence-corrected chi connectivity index (χ1v) is 12.8. The number of carbonyl (C=O) groups is 1. The van der Waals surface area contributed by atoms with E-state index in [1.165, 1.54) is 28.7 Å². The number of methoxy groups -OCH3 is 1. The smallest absolute Gasteiger partial charge is 0.416 e. The number of H-pyrrole nitrogens is 1. The van der Waals surface area contributed by atoms with Gasteiger partial charge < -0.3 is 14.0 Å². The van der Waals surface area contributed by atoms with E-state index >= 15 is 0 Å². The molecule has 2 aliphatic heterocycles. The van der Waals surface area contributed by atoms with Crippen LogP contribution in [0.15, 0.2) is 58.5 Å². The number of hydrogen-bond donors (Lipinski definition) is 1. The number of aromatic nitrogens is 3. The highest BCUT2D eigenvalue weighted by Gasteiger charge is 2.41. The Balaban J connectivity index is 1.74. The predicted octanol–water partition coefficient (Wildman–Crippen LogP) is 3.63. The Morgan fingerprint density at radius 1 is 1.24 bits per heavy atom. The van der Waals surface area contributed by atoms with Crippen molar-refractivity contribution in [1.29, 1.82) is 5.26 Å². The third-order valence-electron chi connectivity index (χ3n) is 7.65. The van der Waals surface area contributed by atoms with E-state index in [1.807, 2.05) is 0 Å². The number of anilines is 2. The number of nitrogens with zero attached hydrogens (tertiary/aromatic N) is 5.